The lowest BCUT2D eigenvalue weighted by Crippen LogP contribution is -2.41. The molecule has 140 valence electrons. The molecule has 1 aromatic heterocycles. The van der Waals surface area contributed by atoms with E-state index >= 15 is 0 Å². The van der Waals surface area contributed by atoms with Crippen LogP contribution in [-0.2, 0) is 16.1 Å². The predicted molar refractivity (Wildman–Crippen MR) is 102 cm³/mol. The molecule has 0 atom stereocenters. The van der Waals surface area contributed by atoms with Gasteiger partial charge in [0.1, 0.15) is 0 Å². The Labute approximate surface area is 151 Å². The Morgan fingerprint density at radius 3 is 2.08 bits per heavy atom. The second-order valence-corrected chi connectivity index (χ2v) is 6.69. The van der Waals surface area contributed by atoms with Gasteiger partial charge in [-0.05, 0) is 61.5 Å². The molecule has 0 aliphatic carbocycles. The summed E-state index contributed by atoms with van der Waals surface area (Å²) in [5, 5.41) is 0. The van der Waals surface area contributed by atoms with Crippen molar-refractivity contribution in [2.75, 3.05) is 6.61 Å². The number of nitrogens with zero attached hydrogens (tertiary/aromatic N) is 2. The first-order valence-electron chi connectivity index (χ1n) is 9.04. The zero-order valence-electron chi connectivity index (χ0n) is 16.8. The number of aromatic nitrogens is 1. The maximum Gasteiger partial charge on any atom is 0.340 e. The number of ether oxygens (including phenoxy) is 1. The van der Waals surface area contributed by atoms with E-state index < -0.39 is 0 Å². The van der Waals surface area contributed by atoms with Gasteiger partial charge in [-0.2, -0.15) is 0 Å². The molecule has 1 amide bonds. The first-order chi connectivity index (χ1) is 11.7. The van der Waals surface area contributed by atoms with Crippen molar-refractivity contribution >= 4 is 18.0 Å². The zero-order valence-corrected chi connectivity index (χ0v) is 16.8. The molecule has 25 heavy (non-hydrogen) atoms. The summed E-state index contributed by atoms with van der Waals surface area (Å²) in [6.45, 7) is 16.8. The van der Waals surface area contributed by atoms with E-state index in [4.69, 9.17) is 4.74 Å². The van der Waals surface area contributed by atoms with Crippen LogP contribution in [0.15, 0.2) is 6.08 Å². The van der Waals surface area contributed by atoms with Gasteiger partial charge in [0.15, 0.2) is 0 Å². The van der Waals surface area contributed by atoms with Gasteiger partial charge in [0.25, 0.3) is 0 Å². The number of hydrogen-bond donors (Lipinski definition) is 0. The van der Waals surface area contributed by atoms with Gasteiger partial charge in [0.2, 0.25) is 5.91 Å². The maximum atomic E-state index is 12.6. The number of carbonyl (C=O) groups excluding carboxylic acids is 2. The third kappa shape index (κ3) is 4.53. The Kier molecular flexibility index (Phi) is 7.46. The largest absolute Gasteiger partial charge is 0.462 e. The van der Waals surface area contributed by atoms with Crippen molar-refractivity contribution in [3.05, 3.63) is 28.6 Å². The fraction of sp³-hybridized carbons (Fsp3) is 0.600. The molecule has 0 saturated heterocycles. The molecule has 1 heterocycles. The van der Waals surface area contributed by atoms with Crippen LogP contribution in [0.5, 0.6) is 0 Å². The Morgan fingerprint density at radius 2 is 1.64 bits per heavy atom. The molecule has 0 aromatic carbocycles. The lowest BCUT2D eigenvalue weighted by atomic mass is 10.1. The summed E-state index contributed by atoms with van der Waals surface area (Å²) in [5.74, 6) is -0.395. The van der Waals surface area contributed by atoms with Crippen molar-refractivity contribution in [3.63, 3.8) is 0 Å². The van der Waals surface area contributed by atoms with Crippen molar-refractivity contribution in [3.8, 4) is 0 Å². The van der Waals surface area contributed by atoms with Gasteiger partial charge < -0.3 is 14.2 Å². The number of esters is 1. The third-order valence-electron chi connectivity index (χ3n) is 4.39. The monoisotopic (exact) mass is 348 g/mol. The lowest BCUT2D eigenvalue weighted by Gasteiger charge is -2.29. The van der Waals surface area contributed by atoms with E-state index in [0.717, 1.165) is 23.5 Å². The second kappa shape index (κ2) is 8.88. The van der Waals surface area contributed by atoms with E-state index in [0.29, 0.717) is 12.2 Å². The van der Waals surface area contributed by atoms with Crippen LogP contribution in [0, 0.1) is 13.8 Å². The Balaban J connectivity index is 3.32. The van der Waals surface area contributed by atoms with Crippen LogP contribution in [0.25, 0.3) is 6.08 Å². The Bertz CT molecular complexity index is 646. The molecule has 5 nitrogen and oxygen atoms in total. The summed E-state index contributed by atoms with van der Waals surface area (Å²) in [4.78, 5) is 26.8. The highest BCUT2D eigenvalue weighted by molar-refractivity contribution is 5.99. The average Bonchev–Trinajstić information content (AvgIpc) is 2.74. The molecule has 0 aliphatic heterocycles. The Morgan fingerprint density at radius 1 is 1.08 bits per heavy atom. The minimum Gasteiger partial charge on any atom is -0.462 e. The molecule has 0 bridgehead atoms. The van der Waals surface area contributed by atoms with Crippen LogP contribution in [0.2, 0.25) is 0 Å². The molecule has 0 fully saturated rings. The highest BCUT2D eigenvalue weighted by Crippen LogP contribution is 2.25. The summed E-state index contributed by atoms with van der Waals surface area (Å²) < 4.78 is 7.28. The summed E-state index contributed by atoms with van der Waals surface area (Å²) in [6, 6.07) is 0.231. The summed E-state index contributed by atoms with van der Waals surface area (Å²) in [6.07, 6.45) is 3.31. The van der Waals surface area contributed by atoms with Gasteiger partial charge in [-0.25, -0.2) is 4.79 Å². The van der Waals surface area contributed by atoms with Crippen LogP contribution >= 0.6 is 0 Å². The van der Waals surface area contributed by atoms with Crippen molar-refractivity contribution in [2.45, 2.75) is 74.0 Å². The van der Waals surface area contributed by atoms with Gasteiger partial charge >= 0.3 is 5.97 Å². The number of rotatable bonds is 7. The van der Waals surface area contributed by atoms with Crippen molar-refractivity contribution in [1.82, 2.24) is 9.47 Å². The van der Waals surface area contributed by atoms with Gasteiger partial charge in [-0.15, -0.1) is 0 Å². The van der Waals surface area contributed by atoms with E-state index in [9.17, 15) is 9.59 Å². The number of carbonyl (C=O) groups is 2. The molecule has 5 heteroatoms. The van der Waals surface area contributed by atoms with Gasteiger partial charge in [0.05, 0.1) is 12.2 Å². The van der Waals surface area contributed by atoms with Crippen LogP contribution in [0.4, 0.5) is 0 Å². The number of amides is 1. The molecule has 0 saturated carbocycles. The molecular formula is C20H32N2O3. The molecular weight excluding hydrogens is 316 g/mol. The quantitative estimate of drug-likeness (QED) is 0.553. The minimum absolute atomic E-state index is 0.0545. The van der Waals surface area contributed by atoms with E-state index in [2.05, 4.69) is 4.57 Å². The predicted octanol–water partition coefficient (Wildman–Crippen LogP) is 3.96. The Hall–Kier alpha value is -2.04. The minimum atomic E-state index is -0.341. The maximum absolute atomic E-state index is 12.6. The standard InChI is InChI=1S/C20H32N2O3/c1-9-21-15(7)17(19(16(21)8)20(24)25-10-2)11-12-18(23)22(13(3)4)14(5)6/h11-14H,9-10H2,1-8H3/b12-11+. The average molecular weight is 348 g/mol. The molecule has 0 unspecified atom stereocenters. The van der Waals surface area contributed by atoms with Gasteiger partial charge in [-0.1, -0.05) is 0 Å². The van der Waals surface area contributed by atoms with Crippen molar-refractivity contribution in [2.24, 2.45) is 0 Å². The van der Waals surface area contributed by atoms with Crippen LogP contribution in [-0.4, -0.2) is 40.0 Å². The van der Waals surface area contributed by atoms with Gasteiger partial charge in [0, 0.05) is 41.7 Å². The highest BCUT2D eigenvalue weighted by Gasteiger charge is 2.23. The smallest absolute Gasteiger partial charge is 0.340 e. The van der Waals surface area contributed by atoms with Crippen LogP contribution in [0.1, 0.15) is 68.9 Å². The molecule has 0 spiro atoms. The molecule has 1 aromatic rings. The molecule has 1 rings (SSSR count). The molecule has 0 radical (unpaired) electrons. The van der Waals surface area contributed by atoms with Crippen LogP contribution in [0.3, 0.4) is 0 Å². The highest BCUT2D eigenvalue weighted by atomic mass is 16.5. The second-order valence-electron chi connectivity index (χ2n) is 6.69. The lowest BCUT2D eigenvalue weighted by molar-refractivity contribution is -0.129. The first-order valence-corrected chi connectivity index (χ1v) is 9.04. The fourth-order valence-corrected chi connectivity index (χ4v) is 3.39. The fourth-order valence-electron chi connectivity index (χ4n) is 3.39. The van der Waals surface area contributed by atoms with Gasteiger partial charge in [-0.3, -0.25) is 4.79 Å². The first kappa shape index (κ1) is 21.0. The molecule has 0 aliphatic rings. The SMILES string of the molecule is CCOC(=O)c1c(/C=C/C(=O)N(C(C)C)C(C)C)c(C)n(CC)c1C. The van der Waals surface area contributed by atoms with Crippen molar-refractivity contribution in [1.29, 1.82) is 0 Å². The molecule has 0 N–H and O–H groups in total. The summed E-state index contributed by atoms with van der Waals surface area (Å²) >= 11 is 0. The summed E-state index contributed by atoms with van der Waals surface area (Å²) in [5.41, 5.74) is 3.15. The van der Waals surface area contributed by atoms with E-state index in [-0.39, 0.29) is 24.0 Å². The topological polar surface area (TPSA) is 51.5 Å². The van der Waals surface area contributed by atoms with Crippen LogP contribution < -0.4 is 0 Å². The number of hydrogen-bond acceptors (Lipinski definition) is 3. The third-order valence-corrected chi connectivity index (χ3v) is 4.39. The zero-order chi connectivity index (χ0) is 19.3. The summed E-state index contributed by atoms with van der Waals surface area (Å²) in [7, 11) is 0. The van der Waals surface area contributed by atoms with E-state index in [1.165, 1.54) is 0 Å². The normalized spacial score (nSPS) is 11.6. The van der Waals surface area contributed by atoms with E-state index in [1.807, 2.05) is 53.4 Å². The van der Waals surface area contributed by atoms with E-state index in [1.54, 1.807) is 19.1 Å². The van der Waals surface area contributed by atoms with Crippen molar-refractivity contribution < 1.29 is 14.3 Å².